The average Bonchev–Trinajstić information content (AvgIpc) is 3.44. The Labute approximate surface area is 144 Å². The number of nitrogens with one attached hydrogen (secondary N) is 1. The minimum atomic E-state index is -0.598. The highest BCUT2D eigenvalue weighted by Crippen LogP contribution is 2.31. The summed E-state index contributed by atoms with van der Waals surface area (Å²) in [5.41, 5.74) is 0.774. The van der Waals surface area contributed by atoms with Crippen LogP contribution in [0.4, 0.5) is 0 Å². The van der Waals surface area contributed by atoms with E-state index in [1.165, 1.54) is 32.5 Å². The van der Waals surface area contributed by atoms with Gasteiger partial charge in [0.05, 0.1) is 20.3 Å². The number of hydrogen-bond donors (Lipinski definition) is 2. The fraction of sp³-hybridized carbons (Fsp3) is 0.684. The lowest BCUT2D eigenvalue weighted by Gasteiger charge is -2.33. The number of hydrogen-bond acceptors (Lipinski definition) is 5. The van der Waals surface area contributed by atoms with Crippen molar-refractivity contribution in [1.82, 2.24) is 10.2 Å². The van der Waals surface area contributed by atoms with Crippen molar-refractivity contribution in [3.05, 3.63) is 23.8 Å². The third-order valence-corrected chi connectivity index (χ3v) is 5.20. The molecule has 1 heterocycles. The zero-order chi connectivity index (χ0) is 16.9. The number of ether oxygens (including phenoxy) is 2. The van der Waals surface area contributed by atoms with E-state index in [4.69, 9.17) is 9.47 Å². The third-order valence-electron chi connectivity index (χ3n) is 5.20. The lowest BCUT2D eigenvalue weighted by molar-refractivity contribution is 0.147. The van der Waals surface area contributed by atoms with Crippen LogP contribution in [-0.4, -0.2) is 56.4 Å². The fourth-order valence-electron chi connectivity index (χ4n) is 3.47. The molecule has 1 saturated heterocycles. The summed E-state index contributed by atoms with van der Waals surface area (Å²) in [6.45, 7) is 4.17. The van der Waals surface area contributed by atoms with Crippen LogP contribution in [0.5, 0.6) is 11.5 Å². The largest absolute Gasteiger partial charge is 0.497 e. The molecular weight excluding hydrogens is 304 g/mol. The number of piperidine rings is 1. The third kappa shape index (κ3) is 4.62. The maximum Gasteiger partial charge on any atom is 0.124 e. The molecule has 134 valence electrons. The molecule has 2 fully saturated rings. The molecule has 1 aromatic carbocycles. The molecule has 3 rings (SSSR count). The summed E-state index contributed by atoms with van der Waals surface area (Å²) in [4.78, 5) is 2.59. The Balaban J connectivity index is 1.47. The maximum absolute atomic E-state index is 10.6. The van der Waals surface area contributed by atoms with Gasteiger partial charge in [0.1, 0.15) is 11.5 Å². The van der Waals surface area contributed by atoms with Crippen molar-refractivity contribution in [2.75, 3.05) is 40.4 Å². The van der Waals surface area contributed by atoms with Crippen molar-refractivity contribution in [1.29, 1.82) is 0 Å². The Morgan fingerprint density at radius 3 is 2.54 bits per heavy atom. The summed E-state index contributed by atoms with van der Waals surface area (Å²) in [5, 5.41) is 14.1. The van der Waals surface area contributed by atoms with Gasteiger partial charge in [-0.2, -0.15) is 0 Å². The van der Waals surface area contributed by atoms with Gasteiger partial charge in [0.25, 0.3) is 0 Å². The minimum Gasteiger partial charge on any atom is -0.497 e. The number of likely N-dealkylation sites (tertiary alicyclic amines) is 1. The first-order chi connectivity index (χ1) is 11.7. The molecule has 2 aliphatic rings. The van der Waals surface area contributed by atoms with Crippen molar-refractivity contribution in [3.63, 3.8) is 0 Å². The lowest BCUT2D eigenvalue weighted by Crippen LogP contribution is -2.44. The van der Waals surface area contributed by atoms with Crippen LogP contribution in [0, 0.1) is 5.92 Å². The molecule has 5 nitrogen and oxygen atoms in total. The van der Waals surface area contributed by atoms with Gasteiger partial charge in [-0.25, -0.2) is 0 Å². The van der Waals surface area contributed by atoms with E-state index in [9.17, 15) is 5.11 Å². The molecule has 0 amide bonds. The van der Waals surface area contributed by atoms with Crippen molar-refractivity contribution in [2.24, 2.45) is 5.92 Å². The second kappa shape index (κ2) is 8.19. The molecule has 0 bridgehead atoms. The number of aliphatic hydroxyl groups excluding tert-OH is 1. The molecule has 1 aliphatic carbocycles. The zero-order valence-electron chi connectivity index (χ0n) is 14.8. The van der Waals surface area contributed by atoms with Crippen LogP contribution in [0.1, 0.15) is 37.4 Å². The van der Waals surface area contributed by atoms with Crippen molar-refractivity contribution < 1.29 is 14.6 Å². The maximum atomic E-state index is 10.6. The van der Waals surface area contributed by atoms with E-state index >= 15 is 0 Å². The monoisotopic (exact) mass is 334 g/mol. The Bertz CT molecular complexity index is 525. The molecule has 1 atom stereocenters. The first kappa shape index (κ1) is 17.5. The summed E-state index contributed by atoms with van der Waals surface area (Å²) in [6.07, 6.45) is 4.57. The molecule has 1 aliphatic heterocycles. The van der Waals surface area contributed by atoms with Crippen LogP contribution >= 0.6 is 0 Å². The first-order valence-electron chi connectivity index (χ1n) is 9.05. The molecule has 1 unspecified atom stereocenters. The molecule has 0 aromatic heterocycles. The van der Waals surface area contributed by atoms with E-state index in [1.54, 1.807) is 14.2 Å². The van der Waals surface area contributed by atoms with Crippen LogP contribution in [0.2, 0.25) is 0 Å². The molecule has 5 heteroatoms. The topological polar surface area (TPSA) is 54.0 Å². The molecular formula is C19H30N2O3. The Morgan fingerprint density at radius 1 is 1.17 bits per heavy atom. The van der Waals surface area contributed by atoms with Gasteiger partial charge in [-0.15, -0.1) is 0 Å². The van der Waals surface area contributed by atoms with Crippen LogP contribution in [-0.2, 0) is 0 Å². The molecule has 0 radical (unpaired) electrons. The summed E-state index contributed by atoms with van der Waals surface area (Å²) in [7, 11) is 3.26. The molecule has 2 N–H and O–H groups in total. The lowest BCUT2D eigenvalue weighted by atomic mass is 10.0. The van der Waals surface area contributed by atoms with Gasteiger partial charge in [0.15, 0.2) is 0 Å². The highest BCUT2D eigenvalue weighted by molar-refractivity contribution is 5.41. The van der Waals surface area contributed by atoms with E-state index in [-0.39, 0.29) is 0 Å². The van der Waals surface area contributed by atoms with E-state index in [0.717, 1.165) is 30.1 Å². The zero-order valence-corrected chi connectivity index (χ0v) is 14.8. The van der Waals surface area contributed by atoms with Crippen LogP contribution in [0.25, 0.3) is 0 Å². The van der Waals surface area contributed by atoms with Crippen LogP contribution < -0.4 is 14.8 Å². The molecule has 1 saturated carbocycles. The Morgan fingerprint density at radius 2 is 1.92 bits per heavy atom. The van der Waals surface area contributed by atoms with Crippen molar-refractivity contribution in [3.8, 4) is 11.5 Å². The van der Waals surface area contributed by atoms with E-state index < -0.39 is 6.10 Å². The Hall–Kier alpha value is -1.30. The number of methoxy groups -OCH3 is 2. The Kier molecular flexibility index (Phi) is 5.98. The highest BCUT2D eigenvalue weighted by atomic mass is 16.5. The second-order valence-electron chi connectivity index (χ2n) is 7.05. The van der Waals surface area contributed by atoms with Gasteiger partial charge in [-0.1, -0.05) is 0 Å². The molecule has 24 heavy (non-hydrogen) atoms. The second-order valence-corrected chi connectivity index (χ2v) is 7.05. The van der Waals surface area contributed by atoms with E-state index in [0.29, 0.717) is 18.3 Å². The molecule has 1 aromatic rings. The van der Waals surface area contributed by atoms with E-state index in [2.05, 4.69) is 10.2 Å². The SMILES string of the molecule is COc1ccc(OC)c(C(O)CNC2CCN(CC3CC3)CC2)c1. The number of nitrogens with zero attached hydrogens (tertiary/aromatic N) is 1. The predicted octanol–water partition coefficient (Wildman–Crippen LogP) is 2.20. The van der Waals surface area contributed by atoms with Gasteiger partial charge in [0.2, 0.25) is 0 Å². The summed E-state index contributed by atoms with van der Waals surface area (Å²) >= 11 is 0. The number of rotatable bonds is 8. The number of aliphatic hydroxyl groups is 1. The van der Waals surface area contributed by atoms with Crippen LogP contribution in [0.3, 0.4) is 0 Å². The van der Waals surface area contributed by atoms with Crippen molar-refractivity contribution in [2.45, 2.75) is 37.8 Å². The summed E-state index contributed by atoms with van der Waals surface area (Å²) in [5.74, 6) is 2.40. The van der Waals surface area contributed by atoms with Gasteiger partial charge >= 0.3 is 0 Å². The van der Waals surface area contributed by atoms with E-state index in [1.807, 2.05) is 18.2 Å². The smallest absolute Gasteiger partial charge is 0.124 e. The normalized spacial score (nSPS) is 20.8. The quantitative estimate of drug-likeness (QED) is 0.763. The van der Waals surface area contributed by atoms with Gasteiger partial charge in [-0.3, -0.25) is 0 Å². The average molecular weight is 334 g/mol. The first-order valence-corrected chi connectivity index (χ1v) is 9.05. The van der Waals surface area contributed by atoms with Gasteiger partial charge in [-0.05, 0) is 62.9 Å². The summed E-state index contributed by atoms with van der Waals surface area (Å²) in [6, 6.07) is 6.03. The highest BCUT2D eigenvalue weighted by Gasteiger charge is 2.27. The van der Waals surface area contributed by atoms with Crippen molar-refractivity contribution >= 4 is 0 Å². The fourth-order valence-corrected chi connectivity index (χ4v) is 3.47. The standard InChI is InChI=1S/C19H30N2O3/c1-23-16-5-6-19(24-2)17(11-16)18(22)12-20-15-7-9-21(10-8-15)13-14-3-4-14/h5-6,11,14-15,18,20,22H,3-4,7-10,12-13H2,1-2H3. The van der Waals surface area contributed by atoms with Gasteiger partial charge in [0, 0.05) is 24.7 Å². The number of benzene rings is 1. The van der Waals surface area contributed by atoms with Gasteiger partial charge < -0.3 is 24.8 Å². The van der Waals surface area contributed by atoms with Crippen LogP contribution in [0.15, 0.2) is 18.2 Å². The summed E-state index contributed by atoms with van der Waals surface area (Å²) < 4.78 is 10.6. The predicted molar refractivity (Wildman–Crippen MR) is 94.7 cm³/mol. The minimum absolute atomic E-state index is 0.492. The molecule has 0 spiro atoms.